The Balaban J connectivity index is 1.43. The molecule has 2 aliphatic carbocycles. The number of benzene rings is 1. The van der Waals surface area contributed by atoms with E-state index in [-0.39, 0.29) is 25.3 Å². The van der Waals surface area contributed by atoms with Crippen LogP contribution in [0.5, 0.6) is 11.6 Å². The number of aliphatic carboxylic acids is 1. The number of pyridine rings is 1. The molecule has 0 spiro atoms. The number of alkyl carbamates (subject to hydrolysis) is 1. The summed E-state index contributed by atoms with van der Waals surface area (Å²) in [6.07, 6.45) is 0.977. The number of carboxylic acids is 1. The van der Waals surface area contributed by atoms with Crippen molar-refractivity contribution in [1.29, 1.82) is 0 Å². The first-order chi connectivity index (χ1) is 23.5. The van der Waals surface area contributed by atoms with Crippen molar-refractivity contribution in [2.45, 2.75) is 88.3 Å². The highest BCUT2D eigenvalue weighted by Crippen LogP contribution is 2.57. The zero-order chi connectivity index (χ0) is 36.6. The first-order valence-corrected chi connectivity index (χ1v) is 17.8. The fraction of sp³-hybridized carbons (Fsp3) is 0.529. The van der Waals surface area contributed by atoms with Gasteiger partial charge in [0.1, 0.15) is 23.5 Å². The number of ether oxygens (including phenoxy) is 3. The molecule has 3 N–H and O–H groups in total. The van der Waals surface area contributed by atoms with E-state index in [2.05, 4.69) is 21.6 Å². The number of allylic oxidation sites excluding steroid dienone is 1. The van der Waals surface area contributed by atoms with Gasteiger partial charge in [0, 0.05) is 24.4 Å². The molecule has 2 heterocycles. The second-order valence-corrected chi connectivity index (χ2v) is 16.0. The molecule has 15 nitrogen and oxygen atoms in total. The molecule has 0 radical (unpaired) electrons. The van der Waals surface area contributed by atoms with Gasteiger partial charge in [0.25, 0.3) is 0 Å². The molecule has 270 valence electrons. The lowest BCUT2D eigenvalue weighted by atomic mass is 9.91. The summed E-state index contributed by atoms with van der Waals surface area (Å²) in [5, 5.41) is 12.7. The van der Waals surface area contributed by atoms with Gasteiger partial charge in [-0.3, -0.25) is 23.9 Å². The molecule has 1 saturated heterocycles. The van der Waals surface area contributed by atoms with Crippen molar-refractivity contribution in [2.75, 3.05) is 13.7 Å². The largest absolute Gasteiger partial charge is 0.497 e. The number of carboxylic acid groups (broad SMARTS) is 1. The maximum absolute atomic E-state index is 14.2. The maximum Gasteiger partial charge on any atom is 0.408 e. The van der Waals surface area contributed by atoms with Gasteiger partial charge < -0.3 is 29.5 Å². The summed E-state index contributed by atoms with van der Waals surface area (Å²) >= 11 is 0. The summed E-state index contributed by atoms with van der Waals surface area (Å²) in [7, 11) is -2.37. The zero-order valence-electron chi connectivity index (χ0n) is 28.3. The van der Waals surface area contributed by atoms with Crippen molar-refractivity contribution in [1.82, 2.24) is 19.9 Å². The predicted octanol–water partition coefficient (Wildman–Crippen LogP) is 2.72. The van der Waals surface area contributed by atoms with E-state index in [1.807, 2.05) is 0 Å². The number of amides is 3. The number of hydrogen-bond donors (Lipinski definition) is 3. The average Bonchev–Trinajstić information content (AvgIpc) is 3.96. The Hall–Kier alpha value is -4.73. The molecule has 0 unspecified atom stereocenters. The predicted molar refractivity (Wildman–Crippen MR) is 179 cm³/mol. The highest BCUT2D eigenvalue weighted by Gasteiger charge is 2.61. The molecule has 1 aromatic heterocycles. The van der Waals surface area contributed by atoms with E-state index < -0.39 is 92.9 Å². The maximum atomic E-state index is 14.2. The standard InChI is InChI=1S/C34H42N4O11S/c1-6-20-16-34(20,31(43)37-50(45,46)23-8-9-23)17-27(39)26-14-22(48-29-24-10-7-21(47-5)13-19(24)11-12-35-29)18-38(26)30(42)25(15-28(40)41)36-32(44)49-33(2,3)4/h6-7,10-13,20,22-23,25-26H,1,8-9,14-18H2,2-5H3,(H,36,44)(H,37,43)(H,40,41)/t20-,22-,25+,26+,34-/m1/s1. The van der Waals surface area contributed by atoms with Gasteiger partial charge in [-0.05, 0) is 75.6 Å². The minimum absolute atomic E-state index is 0.0537. The Morgan fingerprint density at radius 2 is 1.90 bits per heavy atom. The molecule has 3 amide bonds. The van der Waals surface area contributed by atoms with Gasteiger partial charge in [-0.25, -0.2) is 18.2 Å². The number of hydrogen-bond acceptors (Lipinski definition) is 11. The van der Waals surface area contributed by atoms with Crippen LogP contribution in [0.4, 0.5) is 4.79 Å². The van der Waals surface area contributed by atoms with Gasteiger partial charge in [-0.1, -0.05) is 6.08 Å². The summed E-state index contributed by atoms with van der Waals surface area (Å²) in [6.45, 7) is 8.37. The van der Waals surface area contributed by atoms with Crippen molar-refractivity contribution in [3.63, 3.8) is 0 Å². The van der Waals surface area contributed by atoms with Gasteiger partial charge in [0.05, 0.1) is 36.8 Å². The van der Waals surface area contributed by atoms with Gasteiger partial charge in [-0.15, -0.1) is 6.58 Å². The van der Waals surface area contributed by atoms with Gasteiger partial charge >= 0.3 is 12.1 Å². The van der Waals surface area contributed by atoms with Crippen LogP contribution < -0.4 is 19.5 Å². The molecule has 3 fully saturated rings. The quantitative estimate of drug-likeness (QED) is 0.242. The van der Waals surface area contributed by atoms with E-state index in [1.165, 1.54) is 19.4 Å². The molecule has 0 bridgehead atoms. The molecule has 5 rings (SSSR count). The second-order valence-electron chi connectivity index (χ2n) is 14.0. The number of sulfonamides is 1. The lowest BCUT2D eigenvalue weighted by Gasteiger charge is -2.29. The van der Waals surface area contributed by atoms with Crippen molar-refractivity contribution in [3.8, 4) is 11.6 Å². The van der Waals surface area contributed by atoms with Gasteiger partial charge in [-0.2, -0.15) is 0 Å². The Morgan fingerprint density at radius 3 is 2.50 bits per heavy atom. The topological polar surface area (TPSA) is 208 Å². The molecule has 1 aliphatic heterocycles. The number of methoxy groups -OCH3 is 1. The number of rotatable bonds is 14. The van der Waals surface area contributed by atoms with Crippen molar-refractivity contribution >= 4 is 50.5 Å². The Morgan fingerprint density at radius 1 is 1.18 bits per heavy atom. The molecule has 3 aliphatic rings. The van der Waals surface area contributed by atoms with Crippen LogP contribution in [0.3, 0.4) is 0 Å². The van der Waals surface area contributed by atoms with Gasteiger partial charge in [0.2, 0.25) is 27.7 Å². The molecule has 50 heavy (non-hydrogen) atoms. The number of carbonyl (C=O) groups is 5. The molecular weight excluding hydrogens is 672 g/mol. The van der Waals surface area contributed by atoms with Crippen LogP contribution in [-0.2, 0) is 33.9 Å². The van der Waals surface area contributed by atoms with Crippen LogP contribution in [0.15, 0.2) is 43.1 Å². The molecule has 5 atom stereocenters. The average molecular weight is 715 g/mol. The Bertz CT molecular complexity index is 1820. The molecule has 2 saturated carbocycles. The van der Waals surface area contributed by atoms with Crippen LogP contribution in [0, 0.1) is 11.3 Å². The third-order valence-corrected chi connectivity index (χ3v) is 10.9. The van der Waals surface area contributed by atoms with Crippen LogP contribution in [0.25, 0.3) is 10.8 Å². The van der Waals surface area contributed by atoms with E-state index in [9.17, 15) is 37.5 Å². The lowest BCUT2D eigenvalue weighted by Crippen LogP contribution is -2.53. The van der Waals surface area contributed by atoms with Crippen LogP contribution in [0.1, 0.15) is 59.3 Å². The molecular formula is C34H42N4O11S. The highest BCUT2D eigenvalue weighted by atomic mass is 32.2. The van der Waals surface area contributed by atoms with E-state index in [0.717, 1.165) is 10.3 Å². The van der Waals surface area contributed by atoms with Crippen molar-refractivity contribution in [2.24, 2.45) is 11.3 Å². The van der Waals surface area contributed by atoms with Crippen LogP contribution in [0.2, 0.25) is 0 Å². The SMILES string of the molecule is C=C[C@@H]1C[C@]1(CC(=O)[C@@H]1C[C@@H](Oc2nccc3cc(OC)ccc23)CN1C(=O)[C@H](CC(=O)O)NC(=O)OC(C)(C)C)C(=O)NS(=O)(=O)C1CC1. The summed E-state index contributed by atoms with van der Waals surface area (Å²) in [5.41, 5.74) is -2.34. The van der Waals surface area contributed by atoms with E-state index >= 15 is 0 Å². The molecule has 1 aromatic carbocycles. The summed E-state index contributed by atoms with van der Waals surface area (Å²) in [5.74, 6) is -3.27. The Labute approximate surface area is 289 Å². The fourth-order valence-electron chi connectivity index (χ4n) is 6.27. The van der Waals surface area contributed by atoms with E-state index in [1.54, 1.807) is 45.0 Å². The lowest BCUT2D eigenvalue weighted by molar-refractivity contribution is -0.144. The monoisotopic (exact) mass is 714 g/mol. The second kappa shape index (κ2) is 13.9. The number of nitrogens with zero attached hydrogens (tertiary/aromatic N) is 2. The number of carbonyl (C=O) groups excluding carboxylic acids is 4. The summed E-state index contributed by atoms with van der Waals surface area (Å²) in [6, 6.07) is 4.22. The van der Waals surface area contributed by atoms with Crippen molar-refractivity contribution in [3.05, 3.63) is 43.1 Å². The minimum atomic E-state index is -3.91. The summed E-state index contributed by atoms with van der Waals surface area (Å²) < 4.78 is 44.2. The molecule has 2 aromatic rings. The van der Waals surface area contributed by atoms with Crippen LogP contribution in [-0.4, -0.2) is 95.8 Å². The third kappa shape index (κ3) is 8.17. The number of Topliss-reactive ketones (excluding diaryl/α,β-unsaturated/α-hetero) is 1. The number of ketones is 1. The molecule has 16 heteroatoms. The van der Waals surface area contributed by atoms with E-state index in [4.69, 9.17) is 14.2 Å². The van der Waals surface area contributed by atoms with Gasteiger partial charge in [0.15, 0.2) is 5.78 Å². The number of likely N-dealkylation sites (tertiary alicyclic amines) is 1. The first-order valence-electron chi connectivity index (χ1n) is 16.3. The fourth-order valence-corrected chi connectivity index (χ4v) is 7.66. The number of nitrogens with one attached hydrogen (secondary N) is 2. The number of fused-ring (bicyclic) bond motifs is 1. The third-order valence-electron chi connectivity index (χ3n) is 9.06. The smallest absolute Gasteiger partial charge is 0.408 e. The van der Waals surface area contributed by atoms with Crippen LogP contribution >= 0.6 is 0 Å². The first kappa shape index (κ1) is 36.5. The highest BCUT2D eigenvalue weighted by molar-refractivity contribution is 7.90. The minimum Gasteiger partial charge on any atom is -0.497 e. The normalized spacial score (nSPS) is 23.8. The summed E-state index contributed by atoms with van der Waals surface area (Å²) in [4.78, 5) is 71.6. The zero-order valence-corrected chi connectivity index (χ0v) is 29.2. The Kier molecular flexibility index (Phi) is 10.1. The number of aromatic nitrogens is 1. The van der Waals surface area contributed by atoms with Crippen molar-refractivity contribution < 1.29 is 51.7 Å². The van der Waals surface area contributed by atoms with E-state index in [0.29, 0.717) is 24.0 Å².